The van der Waals surface area contributed by atoms with Crippen LogP contribution >= 0.6 is 50.3 Å². The fourth-order valence-corrected chi connectivity index (χ4v) is 8.59. The summed E-state index contributed by atoms with van der Waals surface area (Å²) in [6, 6.07) is 0. The summed E-state index contributed by atoms with van der Waals surface area (Å²) in [4.78, 5) is 34.6. The molecule has 2 aliphatic rings. The van der Waals surface area contributed by atoms with Crippen LogP contribution in [0.25, 0.3) is 22.3 Å². The van der Waals surface area contributed by atoms with Crippen LogP contribution in [0.2, 0.25) is 0 Å². The van der Waals surface area contributed by atoms with Gasteiger partial charge in [0.05, 0.1) is 31.1 Å². The molecule has 4 aromatic heterocycles. The van der Waals surface area contributed by atoms with Gasteiger partial charge in [-0.25, -0.2) is 33.3 Å². The molecule has 2 unspecified atom stereocenters. The highest BCUT2D eigenvalue weighted by atomic mass is 32.7. The Hall–Kier alpha value is -2.33. The maximum atomic E-state index is 15.8. The number of fused-ring (bicyclic) bond motifs is 2. The maximum absolute atomic E-state index is 15.8. The number of alkyl halides is 2. The van der Waals surface area contributed by atoms with Gasteiger partial charge in [0.15, 0.2) is 35.0 Å². The van der Waals surface area contributed by atoms with E-state index in [0.29, 0.717) is 0 Å². The normalized spacial score (nSPS) is 30.7. The molecule has 0 spiro atoms. The zero-order chi connectivity index (χ0) is 32.2. The van der Waals surface area contributed by atoms with Crippen molar-refractivity contribution >= 4 is 84.4 Å². The molecule has 6 N–H and O–H groups in total. The molecule has 6 rings (SSSR count). The minimum atomic E-state index is -4.47. The van der Waals surface area contributed by atoms with Crippen molar-refractivity contribution in [1.29, 1.82) is 0 Å². The molecule has 0 amide bonds. The summed E-state index contributed by atoms with van der Waals surface area (Å²) >= 11 is 8.62. The number of thiol groups is 2. The van der Waals surface area contributed by atoms with Crippen molar-refractivity contribution in [2.75, 3.05) is 24.7 Å². The second-order valence-corrected chi connectivity index (χ2v) is 15.9. The second-order valence-electron chi connectivity index (χ2n) is 9.78. The number of nitrogens with zero attached hydrogens (tertiary/aromatic N) is 7. The minimum Gasteiger partial charge on any atom is -0.387 e. The molecule has 0 bridgehead atoms. The van der Waals surface area contributed by atoms with E-state index in [1.54, 1.807) is 0 Å². The van der Waals surface area contributed by atoms with E-state index in [0.717, 1.165) is 18.1 Å². The average Bonchev–Trinajstić information content (AvgIpc) is 3.73. The van der Waals surface area contributed by atoms with E-state index in [4.69, 9.17) is 29.8 Å². The molecule has 2 fully saturated rings. The number of hydrogen-bond acceptors (Lipinski definition) is 16. The molecule has 10 atom stereocenters. The fourth-order valence-electron chi connectivity index (χ4n) is 4.92. The van der Waals surface area contributed by atoms with Crippen LogP contribution in [0.1, 0.15) is 11.6 Å². The number of aromatic amines is 1. The molecule has 0 aliphatic carbocycles. The first-order valence-corrected chi connectivity index (χ1v) is 19.0. The molecule has 2 saturated heterocycles. The van der Waals surface area contributed by atoms with Crippen molar-refractivity contribution in [3.05, 3.63) is 29.3 Å². The predicted molar refractivity (Wildman–Crippen MR) is 164 cm³/mol. The van der Waals surface area contributed by atoms with Crippen LogP contribution < -0.4 is 17.0 Å². The van der Waals surface area contributed by atoms with Gasteiger partial charge in [0, 0.05) is 0 Å². The number of anilines is 2. The molecule has 2 aliphatic heterocycles. The van der Waals surface area contributed by atoms with Crippen LogP contribution in [0.4, 0.5) is 20.5 Å². The number of nitrogens with two attached hydrogens (primary N) is 2. The second kappa shape index (κ2) is 12.7. The fraction of sp³-hybridized carbons (Fsp3) is 0.500. The number of imidazole rings is 2. The monoisotopic (exact) mass is 728 g/mol. The standard InChI is InChI=1S/C20H24F2N10O8P2S3/c21-8-7(2-37-41(35)43)45-19(32-5-28-11-16(32)29-20(24)30-17(11)34)13(8)40-42(36,44)38-1-6-12(33)9(22)18(39-6)31-4-27-10-14(23)25-3-26-15(10)31/h3-9,12-13,18-19,33,41H,1-2H2,(H,35,43)(H,36,44)(H2,23,25,26)(H3,24,29,30,34)/t6-,7-,8-,9+,12-,13-,18-,19-,42?/m1/s1. The van der Waals surface area contributed by atoms with Crippen LogP contribution in [0.5, 0.6) is 0 Å². The lowest BCUT2D eigenvalue weighted by Crippen LogP contribution is -2.33. The average molecular weight is 729 g/mol. The lowest BCUT2D eigenvalue weighted by atomic mass is 10.1. The Morgan fingerprint density at radius 3 is 2.62 bits per heavy atom. The zero-order valence-electron chi connectivity index (χ0n) is 22.4. The molecule has 0 saturated carbocycles. The number of H-pyrrole nitrogens is 1. The molecule has 0 radical (unpaired) electrons. The largest absolute Gasteiger partial charge is 0.387 e. The van der Waals surface area contributed by atoms with Crippen LogP contribution in [0.3, 0.4) is 0 Å². The SMILES string of the molecule is Nc1nc2c(ncn2[C@@H]2S[C@H](CO[PH](=O)S)[C@@H](F)[C@H]2OP(=O)(S)OC[C@H]2O[C@@H](n3cnc4c(N)ncnc43)[C@@H](F)[C@@H]2O)c(=O)[nH]1. The van der Waals surface area contributed by atoms with E-state index in [1.165, 1.54) is 21.8 Å². The van der Waals surface area contributed by atoms with E-state index in [-0.39, 0.29) is 40.7 Å². The van der Waals surface area contributed by atoms with Gasteiger partial charge in [-0.05, 0) is 0 Å². The molecular weight excluding hydrogens is 704 g/mol. The van der Waals surface area contributed by atoms with E-state index in [1.807, 2.05) is 0 Å². The van der Waals surface area contributed by atoms with Gasteiger partial charge < -0.3 is 25.8 Å². The van der Waals surface area contributed by atoms with E-state index >= 15 is 8.78 Å². The van der Waals surface area contributed by atoms with Gasteiger partial charge in [-0.1, -0.05) is 24.5 Å². The third kappa shape index (κ3) is 6.34. The third-order valence-corrected chi connectivity index (χ3v) is 10.9. The van der Waals surface area contributed by atoms with Gasteiger partial charge in [0.1, 0.15) is 41.7 Å². The Labute approximate surface area is 265 Å². The lowest BCUT2D eigenvalue weighted by Gasteiger charge is -2.25. The van der Waals surface area contributed by atoms with Gasteiger partial charge in [-0.15, -0.1) is 11.8 Å². The van der Waals surface area contributed by atoms with Crippen molar-refractivity contribution in [2.24, 2.45) is 0 Å². The van der Waals surface area contributed by atoms with E-state index in [2.05, 4.69) is 54.4 Å². The van der Waals surface area contributed by atoms with Gasteiger partial charge in [-0.3, -0.25) is 32.5 Å². The van der Waals surface area contributed by atoms with Crippen molar-refractivity contribution in [1.82, 2.24) is 39.0 Å². The highest BCUT2D eigenvalue weighted by molar-refractivity contribution is 8.44. The Morgan fingerprint density at radius 1 is 1.13 bits per heavy atom. The molecule has 25 heteroatoms. The first-order chi connectivity index (χ1) is 21.3. The highest BCUT2D eigenvalue weighted by Crippen LogP contribution is 2.59. The van der Waals surface area contributed by atoms with E-state index in [9.17, 15) is 19.0 Å². The van der Waals surface area contributed by atoms with Crippen LogP contribution in [-0.2, 0) is 27.4 Å². The molecule has 18 nitrogen and oxygen atoms in total. The molecule has 4 aromatic rings. The smallest absolute Gasteiger partial charge is 0.386 e. The van der Waals surface area contributed by atoms with Crippen LogP contribution in [-0.4, -0.2) is 93.3 Å². The molecular formula is C20H24F2N10O8P2S3. The van der Waals surface area contributed by atoms with Crippen molar-refractivity contribution in [2.45, 2.75) is 47.5 Å². The molecule has 0 aromatic carbocycles. The summed E-state index contributed by atoms with van der Waals surface area (Å²) in [5, 5.41) is 8.45. The first kappa shape index (κ1) is 32.6. The Kier molecular flexibility index (Phi) is 9.20. The number of ether oxygens (including phenoxy) is 1. The lowest BCUT2D eigenvalue weighted by molar-refractivity contribution is -0.0443. The predicted octanol–water partition coefficient (Wildman–Crippen LogP) is 1.45. The van der Waals surface area contributed by atoms with Gasteiger partial charge in [-0.2, -0.15) is 4.98 Å². The van der Waals surface area contributed by atoms with Gasteiger partial charge in [0.2, 0.25) is 13.2 Å². The van der Waals surface area contributed by atoms with Gasteiger partial charge >= 0.3 is 6.80 Å². The third-order valence-electron chi connectivity index (χ3n) is 6.97. The molecule has 6 heterocycles. The summed E-state index contributed by atoms with van der Waals surface area (Å²) in [5.41, 5.74) is 11.0. The van der Waals surface area contributed by atoms with Crippen molar-refractivity contribution < 1.29 is 41.3 Å². The number of aliphatic hydroxyl groups is 1. The number of thioether (sulfide) groups is 1. The first-order valence-electron chi connectivity index (χ1n) is 12.8. The Bertz CT molecular complexity index is 1870. The summed E-state index contributed by atoms with van der Waals surface area (Å²) < 4.78 is 80.0. The minimum absolute atomic E-state index is 0.0182. The maximum Gasteiger partial charge on any atom is 0.386 e. The quantitative estimate of drug-likeness (QED) is 0.0998. The van der Waals surface area contributed by atoms with E-state index < -0.39 is 73.7 Å². The molecule has 45 heavy (non-hydrogen) atoms. The number of aromatic nitrogens is 8. The van der Waals surface area contributed by atoms with Gasteiger partial charge in [0.25, 0.3) is 5.56 Å². The number of hydrogen-bond donors (Lipinski definition) is 6. The van der Waals surface area contributed by atoms with Crippen molar-refractivity contribution in [3.8, 4) is 0 Å². The van der Waals surface area contributed by atoms with Crippen LogP contribution in [0, 0.1) is 0 Å². The summed E-state index contributed by atoms with van der Waals surface area (Å²) in [7, 11) is -2.73. The van der Waals surface area contributed by atoms with Crippen LogP contribution in [0.15, 0.2) is 23.8 Å². The Balaban J connectivity index is 1.20. The number of nitrogens with one attached hydrogen (secondary N) is 1. The summed E-state index contributed by atoms with van der Waals surface area (Å²) in [6.45, 7) is -5.51. The number of aliphatic hydroxyl groups excluding tert-OH is 1. The highest BCUT2D eigenvalue weighted by Gasteiger charge is 2.51. The summed E-state index contributed by atoms with van der Waals surface area (Å²) in [5.74, 6) is -0.179. The molecule has 244 valence electrons. The zero-order valence-corrected chi connectivity index (χ0v) is 26.9. The Morgan fingerprint density at radius 2 is 1.87 bits per heavy atom. The number of nitrogen functional groups attached to an aromatic ring is 2. The summed E-state index contributed by atoms with van der Waals surface area (Å²) in [6.07, 6.45) is -6.43. The number of rotatable bonds is 10. The number of halogens is 2. The topological polar surface area (TPSA) is 250 Å². The van der Waals surface area contributed by atoms with Crippen molar-refractivity contribution in [3.63, 3.8) is 0 Å².